The summed E-state index contributed by atoms with van der Waals surface area (Å²) in [4.78, 5) is 0. The highest BCUT2D eigenvalue weighted by Gasteiger charge is 2.27. The second kappa shape index (κ2) is 6.83. The molecule has 1 N–H and O–H groups in total. The number of rotatable bonds is 7. The maximum absolute atomic E-state index is 13.6. The Bertz CT molecular complexity index is 375. The van der Waals surface area contributed by atoms with Crippen LogP contribution in [0.2, 0.25) is 0 Å². The van der Waals surface area contributed by atoms with Gasteiger partial charge in [0, 0.05) is 5.56 Å². The zero-order valence-electron chi connectivity index (χ0n) is 11.2. The van der Waals surface area contributed by atoms with Crippen molar-refractivity contribution >= 4 is 0 Å². The van der Waals surface area contributed by atoms with Crippen molar-refractivity contribution in [2.45, 2.75) is 58.0 Å². The number of unbranched alkanes of at least 4 members (excludes halogenated alkanes) is 4. The summed E-state index contributed by atoms with van der Waals surface area (Å²) in [6.45, 7) is 3.68. The Morgan fingerprint density at radius 1 is 1.11 bits per heavy atom. The van der Waals surface area contributed by atoms with Crippen LogP contribution in [0.25, 0.3) is 0 Å². The van der Waals surface area contributed by atoms with Crippen LogP contribution in [0.3, 0.4) is 0 Å². The molecule has 0 saturated carbocycles. The summed E-state index contributed by atoms with van der Waals surface area (Å²) >= 11 is 0. The average molecular weight is 256 g/mol. The number of hydrogen-bond acceptors (Lipinski definition) is 1. The lowest BCUT2D eigenvalue weighted by Crippen LogP contribution is -2.23. The molecule has 0 aromatic heterocycles. The maximum Gasteiger partial charge on any atom is 0.164 e. The molecule has 102 valence electrons. The molecule has 0 aliphatic heterocycles. The van der Waals surface area contributed by atoms with E-state index in [-0.39, 0.29) is 5.56 Å². The van der Waals surface area contributed by atoms with Gasteiger partial charge in [0.15, 0.2) is 11.6 Å². The molecule has 0 aliphatic carbocycles. The third kappa shape index (κ3) is 4.05. The lowest BCUT2D eigenvalue weighted by molar-refractivity contribution is 0.0405. The van der Waals surface area contributed by atoms with Crippen LogP contribution in [0.15, 0.2) is 18.2 Å². The van der Waals surface area contributed by atoms with Gasteiger partial charge < -0.3 is 5.11 Å². The minimum atomic E-state index is -1.29. The number of aliphatic hydroxyl groups is 1. The van der Waals surface area contributed by atoms with Gasteiger partial charge in [-0.25, -0.2) is 8.78 Å². The quantitative estimate of drug-likeness (QED) is 0.710. The smallest absolute Gasteiger partial charge is 0.164 e. The van der Waals surface area contributed by atoms with Gasteiger partial charge in [0.1, 0.15) is 0 Å². The molecule has 0 fully saturated rings. The predicted octanol–water partition coefficient (Wildman–Crippen LogP) is 4.53. The molecule has 0 saturated heterocycles. The van der Waals surface area contributed by atoms with Gasteiger partial charge in [-0.1, -0.05) is 51.2 Å². The van der Waals surface area contributed by atoms with Gasteiger partial charge in [0.05, 0.1) is 5.60 Å². The van der Waals surface area contributed by atoms with Crippen molar-refractivity contribution < 1.29 is 13.9 Å². The number of hydrogen-bond donors (Lipinski definition) is 1. The highest BCUT2D eigenvalue weighted by atomic mass is 19.2. The fraction of sp³-hybridized carbons (Fsp3) is 0.600. The van der Waals surface area contributed by atoms with E-state index < -0.39 is 17.2 Å². The first-order chi connectivity index (χ1) is 8.49. The standard InChI is InChI=1S/C15H22F2O/c1-3-4-5-6-7-11-15(2,18)12-9-8-10-13(16)14(12)17/h8-10,18H,3-7,11H2,1-2H3. The first-order valence-electron chi connectivity index (χ1n) is 6.66. The van der Waals surface area contributed by atoms with Crippen molar-refractivity contribution in [3.8, 4) is 0 Å². The van der Waals surface area contributed by atoms with Crippen LogP contribution >= 0.6 is 0 Å². The summed E-state index contributed by atoms with van der Waals surface area (Å²) in [5.74, 6) is -1.84. The summed E-state index contributed by atoms with van der Waals surface area (Å²) in [6.07, 6.45) is 5.75. The van der Waals surface area contributed by atoms with E-state index in [2.05, 4.69) is 6.92 Å². The van der Waals surface area contributed by atoms with Crippen molar-refractivity contribution in [1.82, 2.24) is 0 Å². The zero-order chi connectivity index (χ0) is 13.6. The van der Waals surface area contributed by atoms with Crippen LogP contribution in [-0.4, -0.2) is 5.11 Å². The third-order valence-electron chi connectivity index (χ3n) is 3.30. The van der Waals surface area contributed by atoms with E-state index in [1.54, 1.807) is 6.92 Å². The SMILES string of the molecule is CCCCCCCC(C)(O)c1cccc(F)c1F. The first kappa shape index (κ1) is 15.1. The molecular formula is C15H22F2O. The van der Waals surface area contributed by atoms with Crippen LogP contribution in [0.1, 0.15) is 57.9 Å². The van der Waals surface area contributed by atoms with E-state index in [9.17, 15) is 13.9 Å². The van der Waals surface area contributed by atoms with E-state index in [1.165, 1.54) is 18.6 Å². The van der Waals surface area contributed by atoms with Gasteiger partial charge in [0.25, 0.3) is 0 Å². The van der Waals surface area contributed by atoms with Gasteiger partial charge in [-0.05, 0) is 19.4 Å². The molecule has 0 bridgehead atoms. The van der Waals surface area contributed by atoms with E-state index in [4.69, 9.17) is 0 Å². The van der Waals surface area contributed by atoms with Crippen molar-refractivity contribution in [3.63, 3.8) is 0 Å². The largest absolute Gasteiger partial charge is 0.385 e. The maximum atomic E-state index is 13.6. The Morgan fingerprint density at radius 3 is 2.44 bits per heavy atom. The summed E-state index contributed by atoms with van der Waals surface area (Å²) in [6, 6.07) is 3.94. The van der Waals surface area contributed by atoms with E-state index in [0.717, 1.165) is 31.7 Å². The fourth-order valence-electron chi connectivity index (χ4n) is 2.13. The fourth-order valence-corrected chi connectivity index (χ4v) is 2.13. The molecule has 0 amide bonds. The highest BCUT2D eigenvalue weighted by molar-refractivity contribution is 5.24. The van der Waals surface area contributed by atoms with Crippen molar-refractivity contribution in [2.75, 3.05) is 0 Å². The minimum absolute atomic E-state index is 0.0537. The molecule has 0 heterocycles. The molecule has 1 aromatic carbocycles. The predicted molar refractivity (Wildman–Crippen MR) is 69.3 cm³/mol. The lowest BCUT2D eigenvalue weighted by Gasteiger charge is -2.24. The van der Waals surface area contributed by atoms with Gasteiger partial charge in [0.2, 0.25) is 0 Å². The zero-order valence-corrected chi connectivity index (χ0v) is 11.2. The van der Waals surface area contributed by atoms with Crippen LogP contribution in [-0.2, 0) is 5.60 Å². The Balaban J connectivity index is 2.59. The van der Waals surface area contributed by atoms with E-state index >= 15 is 0 Å². The van der Waals surface area contributed by atoms with Crippen molar-refractivity contribution in [3.05, 3.63) is 35.4 Å². The Morgan fingerprint density at radius 2 is 1.78 bits per heavy atom. The third-order valence-corrected chi connectivity index (χ3v) is 3.30. The Kier molecular flexibility index (Phi) is 5.73. The van der Waals surface area contributed by atoms with E-state index in [1.807, 2.05) is 0 Å². The van der Waals surface area contributed by atoms with Crippen LogP contribution in [0.5, 0.6) is 0 Å². The second-order valence-corrected chi connectivity index (χ2v) is 5.04. The van der Waals surface area contributed by atoms with Crippen molar-refractivity contribution in [2.24, 2.45) is 0 Å². The Labute approximate surface area is 108 Å². The molecule has 0 radical (unpaired) electrons. The molecule has 18 heavy (non-hydrogen) atoms. The molecule has 1 rings (SSSR count). The molecule has 1 atom stereocenters. The summed E-state index contributed by atoms with van der Waals surface area (Å²) in [7, 11) is 0. The normalized spacial score (nSPS) is 14.5. The average Bonchev–Trinajstić information content (AvgIpc) is 2.32. The number of halogens is 2. The Hall–Kier alpha value is -0.960. The molecule has 0 spiro atoms. The summed E-state index contributed by atoms with van der Waals surface area (Å²) < 4.78 is 26.7. The minimum Gasteiger partial charge on any atom is -0.385 e. The van der Waals surface area contributed by atoms with Gasteiger partial charge in [-0.3, -0.25) is 0 Å². The molecule has 1 unspecified atom stereocenters. The molecule has 0 aliphatic rings. The summed E-state index contributed by atoms with van der Waals surface area (Å²) in [5.41, 5.74) is -1.24. The van der Waals surface area contributed by atoms with Crippen LogP contribution < -0.4 is 0 Å². The first-order valence-corrected chi connectivity index (χ1v) is 6.66. The highest BCUT2D eigenvalue weighted by Crippen LogP contribution is 2.30. The molecule has 1 aromatic rings. The summed E-state index contributed by atoms with van der Waals surface area (Å²) in [5, 5.41) is 10.2. The molecular weight excluding hydrogens is 234 g/mol. The second-order valence-electron chi connectivity index (χ2n) is 5.04. The van der Waals surface area contributed by atoms with Gasteiger partial charge in [-0.2, -0.15) is 0 Å². The van der Waals surface area contributed by atoms with Gasteiger partial charge >= 0.3 is 0 Å². The van der Waals surface area contributed by atoms with Gasteiger partial charge in [-0.15, -0.1) is 0 Å². The molecule has 3 heteroatoms. The number of benzene rings is 1. The lowest BCUT2D eigenvalue weighted by atomic mass is 9.89. The van der Waals surface area contributed by atoms with E-state index in [0.29, 0.717) is 6.42 Å². The molecule has 1 nitrogen and oxygen atoms in total. The monoisotopic (exact) mass is 256 g/mol. The van der Waals surface area contributed by atoms with Crippen molar-refractivity contribution in [1.29, 1.82) is 0 Å². The topological polar surface area (TPSA) is 20.2 Å². The van der Waals surface area contributed by atoms with Crippen LogP contribution in [0.4, 0.5) is 8.78 Å². The van der Waals surface area contributed by atoms with Crippen LogP contribution in [0, 0.1) is 11.6 Å².